The summed E-state index contributed by atoms with van der Waals surface area (Å²) in [6.07, 6.45) is 0. The van der Waals surface area contributed by atoms with Crippen LogP contribution in [0.3, 0.4) is 0 Å². The highest BCUT2D eigenvalue weighted by Gasteiger charge is 2.04. The molecule has 0 heterocycles. The summed E-state index contributed by atoms with van der Waals surface area (Å²) in [6.45, 7) is 4.49. The molecule has 0 saturated heterocycles. The molecule has 0 radical (unpaired) electrons. The number of nitriles is 1. The van der Waals surface area contributed by atoms with Gasteiger partial charge < -0.3 is 9.47 Å². The Balaban J connectivity index is 2.21. The molecule has 0 amide bonds. The Bertz CT molecular complexity index is 614. The molecule has 0 aliphatic heterocycles. The smallest absolute Gasteiger partial charge is 0.131 e. The van der Waals surface area contributed by atoms with E-state index in [2.05, 4.69) is 6.07 Å². The third-order valence-electron chi connectivity index (χ3n) is 2.65. The molecule has 0 bridgehead atoms. The normalized spacial score (nSPS) is 9.74. The Morgan fingerprint density at radius 2 is 1.89 bits per heavy atom. The summed E-state index contributed by atoms with van der Waals surface area (Å²) in [4.78, 5) is 0. The molecule has 0 spiro atoms. The van der Waals surface area contributed by atoms with Gasteiger partial charge in [-0.25, -0.2) is 0 Å². The molecule has 0 N–H and O–H groups in total. The number of aryl methyl sites for hydroxylation is 1. The molecule has 0 unspecified atom stereocenters. The van der Waals surface area contributed by atoms with E-state index >= 15 is 0 Å². The molecule has 0 aliphatic rings. The van der Waals surface area contributed by atoms with Crippen LogP contribution in [0.2, 0.25) is 0 Å². The summed E-state index contributed by atoms with van der Waals surface area (Å²) in [5, 5.41) is 8.83. The first-order chi connectivity index (χ1) is 9.22. The van der Waals surface area contributed by atoms with Crippen molar-refractivity contribution in [1.29, 1.82) is 5.26 Å². The van der Waals surface area contributed by atoms with E-state index in [0.717, 1.165) is 22.8 Å². The molecule has 2 aromatic rings. The summed E-state index contributed by atoms with van der Waals surface area (Å²) in [6, 6.07) is 15.0. The van der Waals surface area contributed by atoms with Crippen LogP contribution in [-0.2, 0) is 0 Å². The number of benzene rings is 2. The first-order valence-electron chi connectivity index (χ1n) is 6.14. The minimum absolute atomic E-state index is 0.624. The highest BCUT2D eigenvalue weighted by molar-refractivity contribution is 5.44. The monoisotopic (exact) mass is 253 g/mol. The van der Waals surface area contributed by atoms with Gasteiger partial charge in [0.15, 0.2) is 0 Å². The Morgan fingerprint density at radius 1 is 1.11 bits per heavy atom. The van der Waals surface area contributed by atoms with Crippen molar-refractivity contribution in [1.82, 2.24) is 0 Å². The van der Waals surface area contributed by atoms with E-state index in [-0.39, 0.29) is 0 Å². The van der Waals surface area contributed by atoms with E-state index in [1.165, 1.54) is 0 Å². The van der Waals surface area contributed by atoms with Gasteiger partial charge in [-0.1, -0.05) is 6.07 Å². The summed E-state index contributed by atoms with van der Waals surface area (Å²) in [5.41, 5.74) is 1.56. The number of hydrogen-bond donors (Lipinski definition) is 0. The fourth-order valence-electron chi connectivity index (χ4n) is 1.75. The molecule has 0 atom stereocenters. The molecule has 3 heteroatoms. The molecule has 0 aromatic heterocycles. The molecule has 96 valence electrons. The maximum absolute atomic E-state index is 8.83. The minimum atomic E-state index is 0.624. The third kappa shape index (κ3) is 3.26. The zero-order valence-corrected chi connectivity index (χ0v) is 11.0. The van der Waals surface area contributed by atoms with Crippen molar-refractivity contribution in [3.8, 4) is 23.3 Å². The molecular formula is C16H15NO2. The topological polar surface area (TPSA) is 42.2 Å². The SMILES string of the molecule is CCOc1cccc(Oc2ccc(C#N)cc2C)c1. The first-order valence-corrected chi connectivity index (χ1v) is 6.14. The molecule has 19 heavy (non-hydrogen) atoms. The van der Waals surface area contributed by atoms with Crippen LogP contribution in [0.25, 0.3) is 0 Å². The highest BCUT2D eigenvalue weighted by atomic mass is 16.5. The van der Waals surface area contributed by atoms with E-state index in [9.17, 15) is 0 Å². The summed E-state index contributed by atoms with van der Waals surface area (Å²) < 4.78 is 11.2. The van der Waals surface area contributed by atoms with Gasteiger partial charge in [-0.3, -0.25) is 0 Å². The largest absolute Gasteiger partial charge is 0.494 e. The van der Waals surface area contributed by atoms with Crippen LogP contribution in [0.1, 0.15) is 18.1 Å². The summed E-state index contributed by atoms with van der Waals surface area (Å²) >= 11 is 0. The first kappa shape index (κ1) is 13.0. The molecule has 2 rings (SSSR count). The second kappa shape index (κ2) is 5.92. The summed E-state index contributed by atoms with van der Waals surface area (Å²) in [5.74, 6) is 2.25. The molecule has 0 aliphatic carbocycles. The van der Waals surface area contributed by atoms with Gasteiger partial charge in [0.1, 0.15) is 17.2 Å². The van der Waals surface area contributed by atoms with Crippen molar-refractivity contribution in [3.63, 3.8) is 0 Å². The van der Waals surface area contributed by atoms with Crippen molar-refractivity contribution in [3.05, 3.63) is 53.6 Å². The Kier molecular flexibility index (Phi) is 4.04. The van der Waals surface area contributed by atoms with E-state index < -0.39 is 0 Å². The zero-order valence-electron chi connectivity index (χ0n) is 11.0. The van der Waals surface area contributed by atoms with Gasteiger partial charge in [0.2, 0.25) is 0 Å². The maximum atomic E-state index is 8.83. The quantitative estimate of drug-likeness (QED) is 0.825. The van der Waals surface area contributed by atoms with Crippen molar-refractivity contribution in [2.75, 3.05) is 6.61 Å². The van der Waals surface area contributed by atoms with Crippen LogP contribution < -0.4 is 9.47 Å². The lowest BCUT2D eigenvalue weighted by atomic mass is 10.1. The van der Waals surface area contributed by atoms with Gasteiger partial charge >= 0.3 is 0 Å². The predicted molar refractivity (Wildman–Crippen MR) is 73.6 cm³/mol. The standard InChI is InChI=1S/C16H15NO2/c1-3-18-14-5-4-6-15(10-14)19-16-8-7-13(11-17)9-12(16)2/h4-10H,3H2,1-2H3. The van der Waals surface area contributed by atoms with Crippen molar-refractivity contribution in [2.24, 2.45) is 0 Å². The number of ether oxygens (including phenoxy) is 2. The highest BCUT2D eigenvalue weighted by Crippen LogP contribution is 2.28. The zero-order chi connectivity index (χ0) is 13.7. The Morgan fingerprint density at radius 3 is 2.58 bits per heavy atom. The van der Waals surface area contributed by atoms with Gasteiger partial charge in [-0.05, 0) is 49.7 Å². The second-order valence-electron chi connectivity index (χ2n) is 4.10. The maximum Gasteiger partial charge on any atom is 0.131 e. The van der Waals surface area contributed by atoms with Crippen molar-refractivity contribution >= 4 is 0 Å². The molecule has 0 fully saturated rings. The van der Waals surface area contributed by atoms with Gasteiger partial charge in [0, 0.05) is 6.07 Å². The molecule has 2 aromatic carbocycles. The number of rotatable bonds is 4. The van der Waals surface area contributed by atoms with Crippen LogP contribution in [0.4, 0.5) is 0 Å². The van der Waals surface area contributed by atoms with Gasteiger partial charge in [0.25, 0.3) is 0 Å². The van der Waals surface area contributed by atoms with Crippen molar-refractivity contribution in [2.45, 2.75) is 13.8 Å². The second-order valence-corrected chi connectivity index (χ2v) is 4.10. The average Bonchev–Trinajstić information content (AvgIpc) is 2.42. The Hall–Kier alpha value is -2.47. The van der Waals surface area contributed by atoms with Gasteiger partial charge in [-0.2, -0.15) is 5.26 Å². The van der Waals surface area contributed by atoms with Gasteiger partial charge in [-0.15, -0.1) is 0 Å². The van der Waals surface area contributed by atoms with E-state index in [1.807, 2.05) is 44.2 Å². The lowest BCUT2D eigenvalue weighted by molar-refractivity contribution is 0.338. The van der Waals surface area contributed by atoms with Crippen LogP contribution in [0.5, 0.6) is 17.2 Å². The number of hydrogen-bond acceptors (Lipinski definition) is 3. The van der Waals surface area contributed by atoms with E-state index in [1.54, 1.807) is 12.1 Å². The van der Waals surface area contributed by atoms with Gasteiger partial charge in [0.05, 0.1) is 18.2 Å². The molecular weight excluding hydrogens is 238 g/mol. The van der Waals surface area contributed by atoms with Crippen LogP contribution in [0.15, 0.2) is 42.5 Å². The van der Waals surface area contributed by atoms with Crippen LogP contribution in [0, 0.1) is 18.3 Å². The van der Waals surface area contributed by atoms with Crippen molar-refractivity contribution < 1.29 is 9.47 Å². The van der Waals surface area contributed by atoms with E-state index in [4.69, 9.17) is 14.7 Å². The van der Waals surface area contributed by atoms with E-state index in [0.29, 0.717) is 12.2 Å². The lowest BCUT2D eigenvalue weighted by Gasteiger charge is -2.10. The molecule has 3 nitrogen and oxygen atoms in total. The Labute approximate surface area is 113 Å². The van der Waals surface area contributed by atoms with Crippen LogP contribution >= 0.6 is 0 Å². The minimum Gasteiger partial charge on any atom is -0.494 e. The number of nitrogens with zero attached hydrogens (tertiary/aromatic N) is 1. The molecule has 0 saturated carbocycles. The summed E-state index contributed by atoms with van der Waals surface area (Å²) in [7, 11) is 0. The lowest BCUT2D eigenvalue weighted by Crippen LogP contribution is -1.92. The average molecular weight is 253 g/mol. The predicted octanol–water partition coefficient (Wildman–Crippen LogP) is 4.06. The fourth-order valence-corrected chi connectivity index (χ4v) is 1.75. The van der Waals surface area contributed by atoms with Crippen LogP contribution in [-0.4, -0.2) is 6.61 Å². The third-order valence-corrected chi connectivity index (χ3v) is 2.65. The fraction of sp³-hybridized carbons (Fsp3) is 0.188.